The molecule has 1 heterocycles. The highest BCUT2D eigenvalue weighted by Gasteiger charge is 2.20. The molecule has 0 bridgehead atoms. The lowest BCUT2D eigenvalue weighted by molar-refractivity contribution is -0.127. The predicted molar refractivity (Wildman–Crippen MR) is 106 cm³/mol. The van der Waals surface area contributed by atoms with E-state index in [1.54, 1.807) is 10.9 Å². The van der Waals surface area contributed by atoms with Crippen LogP contribution < -0.4 is 11.1 Å². The van der Waals surface area contributed by atoms with Crippen molar-refractivity contribution in [3.8, 4) is 11.3 Å². The van der Waals surface area contributed by atoms with Gasteiger partial charge in [-0.3, -0.25) is 14.3 Å². The molecule has 0 unspecified atom stereocenters. The van der Waals surface area contributed by atoms with Crippen LogP contribution in [0, 0.1) is 0 Å². The Morgan fingerprint density at radius 3 is 2.31 bits per heavy atom. The zero-order valence-electron chi connectivity index (χ0n) is 15.6. The molecule has 0 saturated carbocycles. The lowest BCUT2D eigenvalue weighted by Gasteiger charge is -2.05. The zero-order valence-corrected chi connectivity index (χ0v) is 15.6. The number of ether oxygens (including phenoxy) is 1. The molecule has 0 atom stereocenters. The van der Waals surface area contributed by atoms with Gasteiger partial charge in [0.15, 0.2) is 6.61 Å². The number of hydrogen-bond acceptors (Lipinski definition) is 5. The number of carbonyl (C=O) groups is 3. The van der Waals surface area contributed by atoms with Gasteiger partial charge in [-0.05, 0) is 5.56 Å². The van der Waals surface area contributed by atoms with E-state index in [0.29, 0.717) is 12.2 Å². The first kappa shape index (κ1) is 19.8. The molecule has 148 valence electrons. The molecule has 2 amide bonds. The van der Waals surface area contributed by atoms with E-state index in [1.165, 1.54) is 0 Å². The summed E-state index contributed by atoms with van der Waals surface area (Å²) in [4.78, 5) is 35.0. The molecule has 2 aromatic carbocycles. The molecule has 0 aliphatic carbocycles. The molecule has 0 aliphatic heterocycles. The quantitative estimate of drug-likeness (QED) is 0.562. The van der Waals surface area contributed by atoms with Crippen LogP contribution in [0.4, 0.5) is 0 Å². The van der Waals surface area contributed by atoms with Crippen molar-refractivity contribution in [2.75, 3.05) is 13.2 Å². The van der Waals surface area contributed by atoms with Crippen LogP contribution in [0.3, 0.4) is 0 Å². The van der Waals surface area contributed by atoms with Gasteiger partial charge in [-0.25, -0.2) is 4.79 Å². The molecule has 0 radical (unpaired) electrons. The third kappa shape index (κ3) is 5.52. The first-order valence-corrected chi connectivity index (χ1v) is 8.92. The molecule has 0 aliphatic rings. The van der Waals surface area contributed by atoms with E-state index < -0.39 is 24.4 Å². The van der Waals surface area contributed by atoms with Crippen molar-refractivity contribution in [2.24, 2.45) is 5.73 Å². The Kier molecular flexibility index (Phi) is 6.36. The van der Waals surface area contributed by atoms with Crippen LogP contribution in [0.1, 0.15) is 15.9 Å². The number of carbonyl (C=O) groups excluding carboxylic acids is 3. The van der Waals surface area contributed by atoms with E-state index in [2.05, 4.69) is 10.4 Å². The Bertz CT molecular complexity index is 1000. The molecule has 8 heteroatoms. The zero-order chi connectivity index (χ0) is 20.6. The second-order valence-electron chi connectivity index (χ2n) is 6.26. The molecule has 3 rings (SSSR count). The van der Waals surface area contributed by atoms with Crippen LogP contribution >= 0.6 is 0 Å². The van der Waals surface area contributed by atoms with Gasteiger partial charge in [-0.2, -0.15) is 5.10 Å². The summed E-state index contributed by atoms with van der Waals surface area (Å²) in [5.41, 5.74) is 7.46. The van der Waals surface area contributed by atoms with Crippen molar-refractivity contribution in [2.45, 2.75) is 6.54 Å². The third-order valence-corrected chi connectivity index (χ3v) is 4.01. The van der Waals surface area contributed by atoms with Crippen LogP contribution in [0.5, 0.6) is 0 Å². The largest absolute Gasteiger partial charge is 0.452 e. The van der Waals surface area contributed by atoms with E-state index in [9.17, 15) is 14.4 Å². The molecule has 0 saturated heterocycles. The fraction of sp³-hybridized carbons (Fsp3) is 0.143. The van der Waals surface area contributed by atoms with E-state index >= 15 is 0 Å². The van der Waals surface area contributed by atoms with Gasteiger partial charge >= 0.3 is 5.97 Å². The maximum Gasteiger partial charge on any atom is 0.342 e. The summed E-state index contributed by atoms with van der Waals surface area (Å²) >= 11 is 0. The maximum absolute atomic E-state index is 12.6. The number of aromatic nitrogens is 2. The van der Waals surface area contributed by atoms with Crippen LogP contribution in [0.25, 0.3) is 11.3 Å². The Morgan fingerprint density at radius 1 is 1.00 bits per heavy atom. The Hall–Kier alpha value is -3.94. The highest BCUT2D eigenvalue weighted by Crippen LogP contribution is 2.23. The summed E-state index contributed by atoms with van der Waals surface area (Å²) in [5.74, 6) is -1.98. The van der Waals surface area contributed by atoms with E-state index in [-0.39, 0.29) is 12.1 Å². The van der Waals surface area contributed by atoms with Gasteiger partial charge in [-0.15, -0.1) is 0 Å². The number of nitrogens with zero attached hydrogens (tertiary/aromatic N) is 2. The van der Waals surface area contributed by atoms with Gasteiger partial charge in [0.05, 0.1) is 13.1 Å². The minimum absolute atomic E-state index is 0.245. The second-order valence-corrected chi connectivity index (χ2v) is 6.26. The minimum Gasteiger partial charge on any atom is -0.452 e. The van der Waals surface area contributed by atoms with Gasteiger partial charge < -0.3 is 15.8 Å². The SMILES string of the molecule is NC(=O)CNC(=O)COC(=O)c1cn(Cc2ccccc2)nc1-c1ccccc1. The summed E-state index contributed by atoms with van der Waals surface area (Å²) in [6.07, 6.45) is 1.60. The van der Waals surface area contributed by atoms with Crippen molar-refractivity contribution >= 4 is 17.8 Å². The average molecular weight is 392 g/mol. The fourth-order valence-corrected chi connectivity index (χ4v) is 2.68. The first-order chi connectivity index (χ1) is 14.0. The van der Waals surface area contributed by atoms with E-state index in [1.807, 2.05) is 60.7 Å². The molecule has 0 spiro atoms. The lowest BCUT2D eigenvalue weighted by atomic mass is 10.1. The van der Waals surface area contributed by atoms with Gasteiger partial charge in [0.1, 0.15) is 11.3 Å². The van der Waals surface area contributed by atoms with Crippen LogP contribution in [-0.4, -0.2) is 40.7 Å². The molecular weight excluding hydrogens is 372 g/mol. The van der Waals surface area contributed by atoms with Crippen molar-refractivity contribution in [1.29, 1.82) is 0 Å². The number of hydrogen-bond donors (Lipinski definition) is 2. The molecule has 3 aromatic rings. The Morgan fingerprint density at radius 2 is 1.66 bits per heavy atom. The van der Waals surface area contributed by atoms with Crippen molar-refractivity contribution < 1.29 is 19.1 Å². The minimum atomic E-state index is -0.683. The van der Waals surface area contributed by atoms with E-state index in [4.69, 9.17) is 10.5 Å². The lowest BCUT2D eigenvalue weighted by Crippen LogP contribution is -2.36. The highest BCUT2D eigenvalue weighted by molar-refractivity contribution is 5.97. The molecule has 8 nitrogen and oxygen atoms in total. The number of esters is 1. The van der Waals surface area contributed by atoms with Crippen LogP contribution in [-0.2, 0) is 20.9 Å². The third-order valence-electron chi connectivity index (χ3n) is 4.01. The molecule has 0 fully saturated rings. The molecule has 1 aromatic heterocycles. The predicted octanol–water partition coefficient (Wildman–Crippen LogP) is 1.36. The Labute approximate surface area is 167 Å². The van der Waals surface area contributed by atoms with Gasteiger partial charge in [-0.1, -0.05) is 60.7 Å². The van der Waals surface area contributed by atoms with E-state index in [0.717, 1.165) is 11.1 Å². The van der Waals surface area contributed by atoms with Crippen molar-refractivity contribution in [3.63, 3.8) is 0 Å². The van der Waals surface area contributed by atoms with Crippen molar-refractivity contribution in [1.82, 2.24) is 15.1 Å². The number of benzene rings is 2. The molecule has 29 heavy (non-hydrogen) atoms. The average Bonchev–Trinajstić information content (AvgIpc) is 3.15. The number of rotatable bonds is 8. The topological polar surface area (TPSA) is 116 Å². The number of nitrogens with two attached hydrogens (primary N) is 1. The first-order valence-electron chi connectivity index (χ1n) is 8.92. The summed E-state index contributed by atoms with van der Waals surface area (Å²) < 4.78 is 6.75. The van der Waals surface area contributed by atoms with Crippen LogP contribution in [0.15, 0.2) is 66.9 Å². The van der Waals surface area contributed by atoms with Crippen LogP contribution in [0.2, 0.25) is 0 Å². The summed E-state index contributed by atoms with van der Waals surface area (Å²) in [6, 6.07) is 18.9. The smallest absolute Gasteiger partial charge is 0.342 e. The summed E-state index contributed by atoms with van der Waals surface area (Å²) in [5, 5.41) is 6.80. The molecular formula is C21H20N4O4. The fourth-order valence-electron chi connectivity index (χ4n) is 2.68. The second kappa shape index (κ2) is 9.32. The highest BCUT2D eigenvalue weighted by atomic mass is 16.5. The number of amides is 2. The molecule has 3 N–H and O–H groups in total. The normalized spacial score (nSPS) is 10.3. The van der Waals surface area contributed by atoms with Gasteiger partial charge in [0.2, 0.25) is 5.91 Å². The number of nitrogens with one attached hydrogen (secondary N) is 1. The monoisotopic (exact) mass is 392 g/mol. The standard InChI is InChI=1S/C21H20N4O4/c22-18(26)11-23-19(27)14-29-21(28)17-13-25(12-15-7-3-1-4-8-15)24-20(17)16-9-5-2-6-10-16/h1-10,13H,11-12,14H2,(H2,22,26)(H,23,27). The maximum atomic E-state index is 12.6. The summed E-state index contributed by atoms with van der Waals surface area (Å²) in [6.45, 7) is -0.363. The van der Waals surface area contributed by atoms with Crippen molar-refractivity contribution in [3.05, 3.63) is 78.0 Å². The number of primary amides is 1. The van der Waals surface area contributed by atoms with Gasteiger partial charge in [0.25, 0.3) is 5.91 Å². The Balaban J connectivity index is 1.79. The summed E-state index contributed by atoms with van der Waals surface area (Å²) in [7, 11) is 0. The van der Waals surface area contributed by atoms with Gasteiger partial charge in [0, 0.05) is 11.8 Å².